The van der Waals surface area contributed by atoms with Crippen LogP contribution in [0.2, 0.25) is 0 Å². The molecule has 0 atom stereocenters. The highest BCUT2D eigenvalue weighted by atomic mass is 32.1. The monoisotopic (exact) mass is 274 g/mol. The molecule has 0 saturated heterocycles. The molecule has 0 aliphatic heterocycles. The third kappa shape index (κ3) is 2.26. The summed E-state index contributed by atoms with van der Waals surface area (Å²) in [5, 5.41) is 3.14. The molecule has 19 heavy (non-hydrogen) atoms. The standard InChI is InChI=1S/C15H18N2OS/c1-2-18-13-7-4-3-6-11(13)12-10-19-14(17-12)15(16)8-5-9-15/h3-4,6-7,10H,2,5,8-9,16H2,1H3. The van der Waals surface area contributed by atoms with Gasteiger partial charge in [0.15, 0.2) is 0 Å². The Labute approximate surface area is 117 Å². The zero-order valence-corrected chi connectivity index (χ0v) is 11.9. The minimum Gasteiger partial charge on any atom is -0.493 e. The predicted molar refractivity (Wildman–Crippen MR) is 78.4 cm³/mol. The van der Waals surface area contributed by atoms with Crippen LogP contribution in [0.3, 0.4) is 0 Å². The van der Waals surface area contributed by atoms with E-state index in [1.165, 1.54) is 6.42 Å². The van der Waals surface area contributed by atoms with E-state index in [1.807, 2.05) is 31.2 Å². The molecule has 1 aromatic heterocycles. The summed E-state index contributed by atoms with van der Waals surface area (Å²) in [6, 6.07) is 8.03. The van der Waals surface area contributed by atoms with Gasteiger partial charge in [-0.1, -0.05) is 12.1 Å². The van der Waals surface area contributed by atoms with Crippen LogP contribution in [0.25, 0.3) is 11.3 Å². The van der Waals surface area contributed by atoms with Crippen molar-refractivity contribution in [2.75, 3.05) is 6.61 Å². The fraction of sp³-hybridized carbons (Fsp3) is 0.400. The number of aromatic nitrogens is 1. The molecule has 3 rings (SSSR count). The maximum absolute atomic E-state index is 6.33. The zero-order valence-electron chi connectivity index (χ0n) is 11.1. The van der Waals surface area contributed by atoms with Crippen LogP contribution in [0.15, 0.2) is 29.6 Å². The van der Waals surface area contributed by atoms with E-state index < -0.39 is 0 Å². The molecule has 0 amide bonds. The number of hydrogen-bond donors (Lipinski definition) is 1. The van der Waals surface area contributed by atoms with E-state index >= 15 is 0 Å². The maximum atomic E-state index is 6.33. The van der Waals surface area contributed by atoms with Gasteiger partial charge in [-0.05, 0) is 38.3 Å². The number of hydrogen-bond acceptors (Lipinski definition) is 4. The van der Waals surface area contributed by atoms with Crippen LogP contribution in [0.4, 0.5) is 0 Å². The van der Waals surface area contributed by atoms with Crippen molar-refractivity contribution < 1.29 is 4.74 Å². The molecule has 2 aromatic rings. The van der Waals surface area contributed by atoms with Gasteiger partial charge in [0.2, 0.25) is 0 Å². The van der Waals surface area contributed by atoms with Crippen LogP contribution < -0.4 is 10.5 Å². The average Bonchev–Trinajstić information content (AvgIpc) is 2.87. The Morgan fingerprint density at radius 2 is 2.16 bits per heavy atom. The molecule has 1 heterocycles. The van der Waals surface area contributed by atoms with Crippen molar-refractivity contribution >= 4 is 11.3 Å². The minimum atomic E-state index is -0.177. The second-order valence-corrected chi connectivity index (χ2v) is 5.83. The molecule has 1 aliphatic rings. The fourth-order valence-electron chi connectivity index (χ4n) is 2.36. The van der Waals surface area contributed by atoms with Gasteiger partial charge in [-0.3, -0.25) is 0 Å². The Morgan fingerprint density at radius 1 is 1.37 bits per heavy atom. The van der Waals surface area contributed by atoms with Crippen LogP contribution in [0.1, 0.15) is 31.2 Å². The first kappa shape index (κ1) is 12.6. The first-order chi connectivity index (χ1) is 9.23. The van der Waals surface area contributed by atoms with Gasteiger partial charge in [-0.2, -0.15) is 0 Å². The number of para-hydroxylation sites is 1. The van der Waals surface area contributed by atoms with Crippen LogP contribution in [-0.4, -0.2) is 11.6 Å². The molecule has 1 fully saturated rings. The van der Waals surface area contributed by atoms with Crippen LogP contribution in [-0.2, 0) is 5.54 Å². The molecule has 1 aromatic carbocycles. The molecule has 0 bridgehead atoms. The van der Waals surface area contributed by atoms with E-state index in [-0.39, 0.29) is 5.54 Å². The maximum Gasteiger partial charge on any atom is 0.128 e. The topological polar surface area (TPSA) is 48.1 Å². The Balaban J connectivity index is 1.94. The number of ether oxygens (including phenoxy) is 1. The molecule has 2 N–H and O–H groups in total. The van der Waals surface area contributed by atoms with Crippen LogP contribution in [0.5, 0.6) is 5.75 Å². The Hall–Kier alpha value is -1.39. The van der Waals surface area contributed by atoms with E-state index in [0.29, 0.717) is 6.61 Å². The van der Waals surface area contributed by atoms with Crippen molar-refractivity contribution in [2.24, 2.45) is 5.73 Å². The average molecular weight is 274 g/mol. The van der Waals surface area contributed by atoms with Crippen molar-refractivity contribution in [2.45, 2.75) is 31.7 Å². The van der Waals surface area contributed by atoms with Gasteiger partial charge in [0.1, 0.15) is 10.8 Å². The summed E-state index contributed by atoms with van der Waals surface area (Å²) in [7, 11) is 0. The SMILES string of the molecule is CCOc1ccccc1-c1csc(C2(N)CCC2)n1. The van der Waals surface area contributed by atoms with E-state index in [0.717, 1.165) is 34.9 Å². The van der Waals surface area contributed by atoms with Gasteiger partial charge in [0, 0.05) is 10.9 Å². The number of benzene rings is 1. The largest absolute Gasteiger partial charge is 0.493 e. The fourth-order valence-corrected chi connectivity index (χ4v) is 3.35. The first-order valence-corrected chi connectivity index (χ1v) is 7.58. The second-order valence-electron chi connectivity index (χ2n) is 4.98. The molecule has 0 unspecified atom stereocenters. The third-order valence-electron chi connectivity index (χ3n) is 3.64. The zero-order chi connectivity index (χ0) is 13.3. The van der Waals surface area contributed by atoms with Gasteiger partial charge in [-0.15, -0.1) is 11.3 Å². The lowest BCUT2D eigenvalue weighted by atomic mass is 9.78. The Bertz CT molecular complexity index is 575. The van der Waals surface area contributed by atoms with Crippen LogP contribution >= 0.6 is 11.3 Å². The van der Waals surface area contributed by atoms with Crippen molar-refractivity contribution in [3.63, 3.8) is 0 Å². The van der Waals surface area contributed by atoms with E-state index in [1.54, 1.807) is 11.3 Å². The number of nitrogens with two attached hydrogens (primary N) is 1. The highest BCUT2D eigenvalue weighted by molar-refractivity contribution is 7.10. The summed E-state index contributed by atoms with van der Waals surface area (Å²) < 4.78 is 5.66. The molecule has 1 aliphatic carbocycles. The molecule has 100 valence electrons. The normalized spacial score (nSPS) is 16.9. The smallest absolute Gasteiger partial charge is 0.128 e. The first-order valence-electron chi connectivity index (χ1n) is 6.70. The minimum absolute atomic E-state index is 0.177. The summed E-state index contributed by atoms with van der Waals surface area (Å²) in [5.74, 6) is 0.890. The summed E-state index contributed by atoms with van der Waals surface area (Å²) in [4.78, 5) is 4.73. The lowest BCUT2D eigenvalue weighted by Crippen LogP contribution is -2.43. The van der Waals surface area contributed by atoms with Gasteiger partial charge >= 0.3 is 0 Å². The van der Waals surface area contributed by atoms with Crippen molar-refractivity contribution in [1.82, 2.24) is 4.98 Å². The molecule has 3 nitrogen and oxygen atoms in total. The third-order valence-corrected chi connectivity index (χ3v) is 4.70. The summed E-state index contributed by atoms with van der Waals surface area (Å²) in [6.07, 6.45) is 3.31. The van der Waals surface area contributed by atoms with Crippen LogP contribution in [0, 0.1) is 0 Å². The summed E-state index contributed by atoms with van der Waals surface area (Å²) >= 11 is 1.66. The van der Waals surface area contributed by atoms with Gasteiger partial charge in [0.05, 0.1) is 17.8 Å². The molecule has 1 saturated carbocycles. The van der Waals surface area contributed by atoms with E-state index in [2.05, 4.69) is 5.38 Å². The van der Waals surface area contributed by atoms with Crippen molar-refractivity contribution in [1.29, 1.82) is 0 Å². The lowest BCUT2D eigenvalue weighted by molar-refractivity contribution is 0.253. The number of nitrogens with zero attached hydrogens (tertiary/aromatic N) is 1. The highest BCUT2D eigenvalue weighted by Gasteiger charge is 2.37. The quantitative estimate of drug-likeness (QED) is 0.927. The van der Waals surface area contributed by atoms with Crippen molar-refractivity contribution in [3.05, 3.63) is 34.7 Å². The molecule has 0 radical (unpaired) electrons. The summed E-state index contributed by atoms with van der Waals surface area (Å²) in [6.45, 7) is 2.65. The van der Waals surface area contributed by atoms with Gasteiger partial charge in [-0.25, -0.2) is 4.98 Å². The van der Waals surface area contributed by atoms with Crippen molar-refractivity contribution in [3.8, 4) is 17.0 Å². The predicted octanol–water partition coefficient (Wildman–Crippen LogP) is 3.55. The van der Waals surface area contributed by atoms with Gasteiger partial charge < -0.3 is 10.5 Å². The molecular formula is C15H18N2OS. The van der Waals surface area contributed by atoms with Gasteiger partial charge in [0.25, 0.3) is 0 Å². The molecular weight excluding hydrogens is 256 g/mol. The Kier molecular flexibility index (Phi) is 3.29. The number of thiazole rings is 1. The molecule has 4 heteroatoms. The highest BCUT2D eigenvalue weighted by Crippen LogP contribution is 2.41. The number of rotatable bonds is 4. The Morgan fingerprint density at radius 3 is 2.84 bits per heavy atom. The molecule has 0 spiro atoms. The lowest BCUT2D eigenvalue weighted by Gasteiger charge is -2.35. The van der Waals surface area contributed by atoms with E-state index in [9.17, 15) is 0 Å². The summed E-state index contributed by atoms with van der Waals surface area (Å²) in [5.41, 5.74) is 8.18. The van der Waals surface area contributed by atoms with E-state index in [4.69, 9.17) is 15.5 Å². The second kappa shape index (κ2) is 4.94.